The molecule has 0 unspecified atom stereocenters. The maximum absolute atomic E-state index is 11.5. The van der Waals surface area contributed by atoms with Crippen molar-refractivity contribution in [3.05, 3.63) is 25.3 Å². The minimum absolute atomic E-state index is 0.0578. The summed E-state index contributed by atoms with van der Waals surface area (Å²) in [6.07, 6.45) is 5.04. The van der Waals surface area contributed by atoms with E-state index in [1.807, 2.05) is 0 Å². The summed E-state index contributed by atoms with van der Waals surface area (Å²) in [4.78, 5) is 22.9. The molecule has 102 valence electrons. The smallest absolute Gasteiger partial charge is 0.309 e. The van der Waals surface area contributed by atoms with Gasteiger partial charge in [0.2, 0.25) is 5.91 Å². The molecule has 1 N–H and O–H groups in total. The van der Waals surface area contributed by atoms with E-state index in [4.69, 9.17) is 4.74 Å². The van der Waals surface area contributed by atoms with E-state index in [0.29, 0.717) is 19.3 Å². The summed E-state index contributed by atoms with van der Waals surface area (Å²) >= 11 is 0. The SMILES string of the molecule is C=CCCC(=O)N[C@H](C)COC(=O)[C@H](C)CC=C. The van der Waals surface area contributed by atoms with Gasteiger partial charge in [-0.05, 0) is 19.8 Å². The molecular formula is C14H23NO3. The van der Waals surface area contributed by atoms with Gasteiger partial charge in [0.1, 0.15) is 6.61 Å². The van der Waals surface area contributed by atoms with Gasteiger partial charge in [0.15, 0.2) is 0 Å². The largest absolute Gasteiger partial charge is 0.463 e. The molecule has 0 aliphatic carbocycles. The number of rotatable bonds is 9. The van der Waals surface area contributed by atoms with Gasteiger partial charge in [-0.2, -0.15) is 0 Å². The van der Waals surface area contributed by atoms with E-state index in [1.54, 1.807) is 26.0 Å². The molecule has 0 spiro atoms. The van der Waals surface area contributed by atoms with Crippen molar-refractivity contribution in [2.45, 2.75) is 39.2 Å². The molecule has 1 amide bonds. The number of hydrogen-bond donors (Lipinski definition) is 1. The first kappa shape index (κ1) is 16.4. The average Bonchev–Trinajstić information content (AvgIpc) is 2.33. The fourth-order valence-electron chi connectivity index (χ4n) is 1.32. The van der Waals surface area contributed by atoms with Crippen molar-refractivity contribution in [2.75, 3.05) is 6.61 Å². The number of ether oxygens (including phenoxy) is 1. The summed E-state index contributed by atoms with van der Waals surface area (Å²) in [5.74, 6) is -0.508. The molecule has 0 saturated carbocycles. The second-order valence-corrected chi connectivity index (χ2v) is 4.35. The first-order valence-corrected chi connectivity index (χ1v) is 6.19. The molecule has 18 heavy (non-hydrogen) atoms. The number of carbonyl (C=O) groups excluding carboxylic acids is 2. The zero-order valence-electron chi connectivity index (χ0n) is 11.3. The zero-order valence-corrected chi connectivity index (χ0v) is 11.3. The van der Waals surface area contributed by atoms with Crippen molar-refractivity contribution in [3.63, 3.8) is 0 Å². The van der Waals surface area contributed by atoms with Crippen LogP contribution in [0.4, 0.5) is 0 Å². The molecule has 0 radical (unpaired) electrons. The van der Waals surface area contributed by atoms with Crippen LogP contribution in [0.3, 0.4) is 0 Å². The van der Waals surface area contributed by atoms with Crippen LogP contribution in [-0.2, 0) is 14.3 Å². The van der Waals surface area contributed by atoms with Crippen molar-refractivity contribution < 1.29 is 14.3 Å². The molecule has 0 aliphatic heterocycles. The molecule has 0 aromatic rings. The predicted molar refractivity (Wildman–Crippen MR) is 72.0 cm³/mol. The van der Waals surface area contributed by atoms with Crippen LogP contribution in [0.25, 0.3) is 0 Å². The Morgan fingerprint density at radius 1 is 1.28 bits per heavy atom. The molecule has 0 aliphatic rings. The van der Waals surface area contributed by atoms with Gasteiger partial charge in [0.05, 0.1) is 12.0 Å². The first-order valence-electron chi connectivity index (χ1n) is 6.19. The summed E-state index contributed by atoms with van der Waals surface area (Å²) in [6, 6.07) is -0.179. The molecule has 4 nitrogen and oxygen atoms in total. The van der Waals surface area contributed by atoms with Crippen LogP contribution in [0.1, 0.15) is 33.1 Å². The molecule has 0 heterocycles. The summed E-state index contributed by atoms with van der Waals surface area (Å²) in [6.45, 7) is 10.9. The van der Waals surface area contributed by atoms with Crippen LogP contribution >= 0.6 is 0 Å². The molecular weight excluding hydrogens is 230 g/mol. The van der Waals surface area contributed by atoms with E-state index in [9.17, 15) is 9.59 Å². The highest BCUT2D eigenvalue weighted by molar-refractivity contribution is 5.76. The average molecular weight is 253 g/mol. The molecule has 4 heteroatoms. The molecule has 0 aromatic heterocycles. The minimum Gasteiger partial charge on any atom is -0.463 e. The van der Waals surface area contributed by atoms with E-state index >= 15 is 0 Å². The zero-order chi connectivity index (χ0) is 14.0. The van der Waals surface area contributed by atoms with Crippen LogP contribution in [0.15, 0.2) is 25.3 Å². The van der Waals surface area contributed by atoms with E-state index in [-0.39, 0.29) is 30.4 Å². The van der Waals surface area contributed by atoms with Crippen LogP contribution in [-0.4, -0.2) is 24.5 Å². The lowest BCUT2D eigenvalue weighted by Gasteiger charge is -2.15. The Morgan fingerprint density at radius 3 is 2.50 bits per heavy atom. The van der Waals surface area contributed by atoms with Gasteiger partial charge >= 0.3 is 5.97 Å². The van der Waals surface area contributed by atoms with Crippen molar-refractivity contribution >= 4 is 11.9 Å². The molecule has 0 fully saturated rings. The lowest BCUT2D eigenvalue weighted by molar-refractivity contribution is -0.149. The topological polar surface area (TPSA) is 55.4 Å². The van der Waals surface area contributed by atoms with Crippen LogP contribution in [0.2, 0.25) is 0 Å². The summed E-state index contributed by atoms with van der Waals surface area (Å²) in [5.41, 5.74) is 0. The van der Waals surface area contributed by atoms with Crippen molar-refractivity contribution in [1.82, 2.24) is 5.32 Å². The first-order chi connectivity index (χ1) is 8.51. The molecule has 2 atom stereocenters. The number of amides is 1. The Labute approximate surface area is 109 Å². The summed E-state index contributed by atoms with van der Waals surface area (Å²) in [7, 11) is 0. The molecule has 0 bridgehead atoms. The Balaban J connectivity index is 3.84. The number of nitrogens with one attached hydrogen (secondary N) is 1. The number of esters is 1. The maximum atomic E-state index is 11.5. The third-order valence-corrected chi connectivity index (χ3v) is 2.38. The van der Waals surface area contributed by atoms with Crippen molar-refractivity contribution in [1.29, 1.82) is 0 Å². The Hall–Kier alpha value is -1.58. The van der Waals surface area contributed by atoms with Crippen molar-refractivity contribution in [3.8, 4) is 0 Å². The van der Waals surface area contributed by atoms with Gasteiger partial charge in [0, 0.05) is 6.42 Å². The van der Waals surface area contributed by atoms with E-state index in [1.165, 1.54) is 0 Å². The quantitative estimate of drug-likeness (QED) is 0.506. The van der Waals surface area contributed by atoms with Crippen LogP contribution in [0, 0.1) is 5.92 Å². The van der Waals surface area contributed by atoms with Gasteiger partial charge in [-0.15, -0.1) is 13.2 Å². The highest BCUT2D eigenvalue weighted by Crippen LogP contribution is 2.05. The standard InChI is InChI=1S/C14H23NO3/c1-5-7-9-13(16)15-12(4)10-18-14(17)11(3)8-6-2/h5-6,11-12H,1-2,7-10H2,3-4H3,(H,15,16)/t11-,12-/m1/s1. The molecule has 0 rings (SSSR count). The molecule has 0 aromatic carbocycles. The van der Waals surface area contributed by atoms with E-state index in [0.717, 1.165) is 0 Å². The molecule has 0 saturated heterocycles. The van der Waals surface area contributed by atoms with Gasteiger partial charge in [0.25, 0.3) is 0 Å². The summed E-state index contributed by atoms with van der Waals surface area (Å²) in [5, 5.41) is 2.76. The lowest BCUT2D eigenvalue weighted by atomic mass is 10.1. The second-order valence-electron chi connectivity index (χ2n) is 4.35. The van der Waals surface area contributed by atoms with Gasteiger partial charge in [-0.3, -0.25) is 9.59 Å². The monoisotopic (exact) mass is 253 g/mol. The lowest BCUT2D eigenvalue weighted by Crippen LogP contribution is -2.36. The van der Waals surface area contributed by atoms with Crippen molar-refractivity contribution in [2.24, 2.45) is 5.92 Å². The predicted octanol–water partition coefficient (Wildman–Crippen LogP) is 2.21. The fourth-order valence-corrected chi connectivity index (χ4v) is 1.32. The third kappa shape index (κ3) is 7.65. The highest BCUT2D eigenvalue weighted by atomic mass is 16.5. The minimum atomic E-state index is -0.262. The number of allylic oxidation sites excluding steroid dienone is 2. The Morgan fingerprint density at radius 2 is 1.94 bits per heavy atom. The number of carbonyl (C=O) groups is 2. The Bertz CT molecular complexity index is 299. The third-order valence-electron chi connectivity index (χ3n) is 2.38. The van der Waals surface area contributed by atoms with E-state index in [2.05, 4.69) is 18.5 Å². The van der Waals surface area contributed by atoms with Gasteiger partial charge in [-0.1, -0.05) is 19.1 Å². The highest BCUT2D eigenvalue weighted by Gasteiger charge is 2.14. The Kier molecular flexibility index (Phi) is 8.62. The van der Waals surface area contributed by atoms with E-state index < -0.39 is 0 Å². The summed E-state index contributed by atoms with van der Waals surface area (Å²) < 4.78 is 5.10. The van der Waals surface area contributed by atoms with Crippen LogP contribution in [0.5, 0.6) is 0 Å². The normalized spacial score (nSPS) is 13.2. The van der Waals surface area contributed by atoms with Crippen LogP contribution < -0.4 is 5.32 Å². The van der Waals surface area contributed by atoms with Gasteiger partial charge in [-0.25, -0.2) is 0 Å². The fraction of sp³-hybridized carbons (Fsp3) is 0.571. The van der Waals surface area contributed by atoms with Gasteiger partial charge < -0.3 is 10.1 Å². The second kappa shape index (κ2) is 9.45. The number of hydrogen-bond acceptors (Lipinski definition) is 3. The maximum Gasteiger partial charge on any atom is 0.309 e.